The molecule has 0 fully saturated rings. The first kappa shape index (κ1) is 14.2. The summed E-state index contributed by atoms with van der Waals surface area (Å²) < 4.78 is 15.0. The number of nitrogens with zero attached hydrogens (tertiary/aromatic N) is 4. The van der Waals surface area contributed by atoms with Crippen LogP contribution in [0.25, 0.3) is 11.4 Å². The molecular weight excluding hydrogens is 290 g/mol. The van der Waals surface area contributed by atoms with E-state index in [1.807, 2.05) is 20.8 Å². The molecule has 0 spiro atoms. The molecule has 4 nitrogen and oxygen atoms in total. The van der Waals surface area contributed by atoms with Crippen LogP contribution in [0.1, 0.15) is 26.5 Å². The van der Waals surface area contributed by atoms with Crippen LogP contribution >= 0.6 is 23.2 Å². The summed E-state index contributed by atoms with van der Waals surface area (Å²) in [6.07, 6.45) is 1.76. The van der Waals surface area contributed by atoms with E-state index in [4.69, 9.17) is 23.2 Å². The Kier molecular flexibility index (Phi) is 3.53. The van der Waals surface area contributed by atoms with Crippen LogP contribution in [-0.4, -0.2) is 19.7 Å². The molecule has 0 amide bonds. The van der Waals surface area contributed by atoms with E-state index in [1.54, 1.807) is 17.9 Å². The van der Waals surface area contributed by atoms with Crippen LogP contribution in [-0.2, 0) is 12.5 Å². The van der Waals surface area contributed by atoms with E-state index in [0.717, 1.165) is 5.69 Å². The normalized spacial score (nSPS) is 11.9. The van der Waals surface area contributed by atoms with Gasteiger partial charge in [0.15, 0.2) is 21.9 Å². The maximum Gasteiger partial charge on any atom is 0.197 e. The van der Waals surface area contributed by atoms with Gasteiger partial charge in [-0.1, -0.05) is 44.0 Å². The first-order chi connectivity index (χ1) is 8.70. The zero-order valence-corrected chi connectivity index (χ0v) is 12.5. The van der Waals surface area contributed by atoms with Crippen molar-refractivity contribution in [3.8, 4) is 11.4 Å². The minimum atomic E-state index is -0.812. The van der Waals surface area contributed by atoms with Gasteiger partial charge in [-0.25, -0.2) is 14.4 Å². The zero-order valence-electron chi connectivity index (χ0n) is 11.0. The number of halogens is 3. The third-order valence-electron chi connectivity index (χ3n) is 2.55. The Bertz CT molecular complexity index is 608. The minimum absolute atomic E-state index is 0.201. The molecule has 0 aliphatic carbocycles. The topological polar surface area (TPSA) is 43.6 Å². The van der Waals surface area contributed by atoms with Crippen LogP contribution in [0.2, 0.25) is 10.3 Å². The Morgan fingerprint density at radius 2 is 1.68 bits per heavy atom. The molecule has 2 rings (SSSR count). The summed E-state index contributed by atoms with van der Waals surface area (Å²) in [4.78, 5) is 7.87. The highest BCUT2D eigenvalue weighted by molar-refractivity contribution is 6.33. The van der Waals surface area contributed by atoms with Gasteiger partial charge >= 0.3 is 0 Å². The highest BCUT2D eigenvalue weighted by atomic mass is 35.5. The maximum absolute atomic E-state index is 13.4. The molecule has 0 N–H and O–H groups in total. The molecular formula is C12H13Cl2FN4. The fraction of sp³-hybridized carbons (Fsp3) is 0.417. The lowest BCUT2D eigenvalue weighted by molar-refractivity contribution is 0.553. The van der Waals surface area contributed by atoms with Crippen LogP contribution in [0.5, 0.6) is 0 Å². The summed E-state index contributed by atoms with van der Waals surface area (Å²) in [6, 6.07) is 0. The van der Waals surface area contributed by atoms with Crippen molar-refractivity contribution in [2.45, 2.75) is 26.2 Å². The lowest BCUT2D eigenvalue weighted by Gasteiger charge is -2.17. The van der Waals surface area contributed by atoms with Crippen molar-refractivity contribution in [2.24, 2.45) is 7.05 Å². The van der Waals surface area contributed by atoms with Gasteiger partial charge in [-0.05, 0) is 0 Å². The van der Waals surface area contributed by atoms with Crippen molar-refractivity contribution in [1.82, 2.24) is 19.7 Å². The van der Waals surface area contributed by atoms with Crippen molar-refractivity contribution in [3.63, 3.8) is 0 Å². The SMILES string of the molecule is Cn1cc(-c2nc(Cl)c(F)c(Cl)n2)c(C(C)(C)C)n1. The van der Waals surface area contributed by atoms with Crippen LogP contribution < -0.4 is 0 Å². The average Bonchev–Trinajstić information content (AvgIpc) is 2.67. The van der Waals surface area contributed by atoms with Crippen LogP contribution in [0, 0.1) is 5.82 Å². The lowest BCUT2D eigenvalue weighted by atomic mass is 9.89. The van der Waals surface area contributed by atoms with Gasteiger partial charge in [0.05, 0.1) is 11.3 Å². The predicted molar refractivity (Wildman–Crippen MR) is 72.9 cm³/mol. The van der Waals surface area contributed by atoms with Gasteiger partial charge in [0, 0.05) is 18.7 Å². The summed E-state index contributed by atoms with van der Waals surface area (Å²) in [5.74, 6) is -0.539. The van der Waals surface area contributed by atoms with E-state index < -0.39 is 5.82 Å². The smallest absolute Gasteiger partial charge is 0.197 e. The first-order valence-electron chi connectivity index (χ1n) is 5.63. The van der Waals surface area contributed by atoms with Crippen molar-refractivity contribution >= 4 is 23.2 Å². The van der Waals surface area contributed by atoms with E-state index in [2.05, 4.69) is 15.1 Å². The minimum Gasteiger partial charge on any atom is -0.275 e. The molecule has 0 aliphatic heterocycles. The van der Waals surface area contributed by atoms with Crippen LogP contribution in [0.4, 0.5) is 4.39 Å². The fourth-order valence-corrected chi connectivity index (χ4v) is 2.11. The van der Waals surface area contributed by atoms with Crippen molar-refractivity contribution in [2.75, 3.05) is 0 Å². The molecule has 2 aromatic heterocycles. The lowest BCUT2D eigenvalue weighted by Crippen LogP contribution is -2.14. The highest BCUT2D eigenvalue weighted by Crippen LogP contribution is 2.31. The average molecular weight is 303 g/mol. The molecule has 102 valence electrons. The summed E-state index contributed by atoms with van der Waals surface area (Å²) in [5, 5.41) is 3.81. The third kappa shape index (κ3) is 2.72. The molecule has 0 saturated carbocycles. The molecule has 0 saturated heterocycles. The molecule has 2 aromatic rings. The molecule has 0 atom stereocenters. The van der Waals surface area contributed by atoms with Crippen molar-refractivity contribution in [1.29, 1.82) is 0 Å². The maximum atomic E-state index is 13.4. The Balaban J connectivity index is 2.66. The van der Waals surface area contributed by atoms with E-state index in [0.29, 0.717) is 5.56 Å². The predicted octanol–water partition coefficient (Wildman–Crippen LogP) is 3.62. The van der Waals surface area contributed by atoms with Gasteiger partial charge in [0.25, 0.3) is 0 Å². The molecule has 0 unspecified atom stereocenters. The monoisotopic (exact) mass is 302 g/mol. The van der Waals surface area contributed by atoms with E-state index >= 15 is 0 Å². The Labute approximate surface area is 120 Å². The molecule has 0 radical (unpaired) electrons. The summed E-state index contributed by atoms with van der Waals surface area (Å²) in [6.45, 7) is 6.06. The second-order valence-corrected chi connectivity index (χ2v) is 5.97. The summed E-state index contributed by atoms with van der Waals surface area (Å²) in [5.41, 5.74) is 1.29. The largest absolute Gasteiger partial charge is 0.275 e. The number of rotatable bonds is 1. The van der Waals surface area contributed by atoms with Crippen molar-refractivity contribution in [3.05, 3.63) is 28.0 Å². The van der Waals surface area contributed by atoms with E-state index in [1.165, 1.54) is 0 Å². The summed E-state index contributed by atoms with van der Waals surface area (Å²) >= 11 is 11.4. The number of hydrogen-bond acceptors (Lipinski definition) is 3. The molecule has 0 bridgehead atoms. The summed E-state index contributed by atoms with van der Waals surface area (Å²) in [7, 11) is 1.80. The second-order valence-electron chi connectivity index (χ2n) is 5.26. The molecule has 7 heteroatoms. The van der Waals surface area contributed by atoms with Crippen molar-refractivity contribution < 1.29 is 4.39 Å². The van der Waals surface area contributed by atoms with Gasteiger partial charge in [-0.3, -0.25) is 4.68 Å². The Morgan fingerprint density at radius 3 is 2.16 bits per heavy atom. The van der Waals surface area contributed by atoms with Crippen LogP contribution in [0.3, 0.4) is 0 Å². The Morgan fingerprint density at radius 1 is 1.16 bits per heavy atom. The van der Waals surface area contributed by atoms with Gasteiger partial charge in [-0.15, -0.1) is 0 Å². The van der Waals surface area contributed by atoms with E-state index in [-0.39, 0.29) is 21.5 Å². The first-order valence-corrected chi connectivity index (χ1v) is 6.38. The van der Waals surface area contributed by atoms with E-state index in [9.17, 15) is 4.39 Å². The number of aryl methyl sites for hydroxylation is 1. The fourth-order valence-electron chi connectivity index (χ4n) is 1.72. The quantitative estimate of drug-likeness (QED) is 0.756. The molecule has 0 aliphatic rings. The van der Waals surface area contributed by atoms with Gasteiger partial charge in [0.2, 0.25) is 0 Å². The second kappa shape index (κ2) is 4.72. The van der Waals surface area contributed by atoms with Crippen LogP contribution in [0.15, 0.2) is 6.20 Å². The third-order valence-corrected chi connectivity index (χ3v) is 3.05. The number of hydrogen-bond donors (Lipinski definition) is 0. The van der Waals surface area contributed by atoms with Gasteiger partial charge in [0.1, 0.15) is 0 Å². The Hall–Kier alpha value is -1.20. The van der Waals surface area contributed by atoms with Gasteiger partial charge < -0.3 is 0 Å². The molecule has 19 heavy (non-hydrogen) atoms. The number of aromatic nitrogens is 4. The zero-order chi connectivity index (χ0) is 14.4. The highest BCUT2D eigenvalue weighted by Gasteiger charge is 2.25. The molecule has 2 heterocycles. The molecule has 0 aromatic carbocycles. The standard InChI is InChI=1S/C12H13Cl2FN4/c1-12(2,3)8-6(5-19(4)18-8)11-16-9(13)7(15)10(14)17-11/h5H,1-4H3. The van der Waals surface area contributed by atoms with Gasteiger partial charge in [-0.2, -0.15) is 5.10 Å².